The molecule has 1 amide bonds. The third-order valence-corrected chi connectivity index (χ3v) is 2.69. The van der Waals surface area contributed by atoms with Crippen molar-refractivity contribution in [2.75, 3.05) is 14.2 Å². The Balaban J connectivity index is 2.64. The van der Waals surface area contributed by atoms with Gasteiger partial charge in [-0.15, -0.1) is 0 Å². The molecular formula is C13H14N2O3. The fourth-order valence-corrected chi connectivity index (χ4v) is 1.87. The summed E-state index contributed by atoms with van der Waals surface area (Å²) in [5, 5.41) is 1.77. The van der Waals surface area contributed by atoms with E-state index >= 15 is 0 Å². The van der Waals surface area contributed by atoms with Crippen molar-refractivity contribution in [2.45, 2.75) is 6.42 Å². The van der Waals surface area contributed by atoms with E-state index in [4.69, 9.17) is 15.2 Å². The highest BCUT2D eigenvalue weighted by atomic mass is 16.5. The van der Waals surface area contributed by atoms with Crippen LogP contribution in [-0.2, 0) is 11.2 Å². The lowest BCUT2D eigenvalue weighted by molar-refractivity contribution is -0.117. The molecule has 0 radical (unpaired) electrons. The van der Waals surface area contributed by atoms with Crippen molar-refractivity contribution >= 4 is 16.7 Å². The molecule has 2 N–H and O–H groups in total. The van der Waals surface area contributed by atoms with Crippen LogP contribution in [0.1, 0.15) is 5.69 Å². The van der Waals surface area contributed by atoms with Crippen LogP contribution in [0, 0.1) is 0 Å². The predicted molar refractivity (Wildman–Crippen MR) is 67.7 cm³/mol. The summed E-state index contributed by atoms with van der Waals surface area (Å²) >= 11 is 0. The maximum Gasteiger partial charge on any atom is 0.223 e. The van der Waals surface area contributed by atoms with E-state index in [1.165, 1.54) is 0 Å². The molecule has 5 heteroatoms. The van der Waals surface area contributed by atoms with Crippen LogP contribution < -0.4 is 15.2 Å². The van der Waals surface area contributed by atoms with Gasteiger partial charge >= 0.3 is 0 Å². The predicted octanol–water partition coefficient (Wildman–Crippen LogP) is 1.28. The van der Waals surface area contributed by atoms with Crippen LogP contribution in [0.4, 0.5) is 0 Å². The largest absolute Gasteiger partial charge is 0.493 e. The molecule has 0 bridgehead atoms. The Morgan fingerprint density at radius 3 is 2.56 bits per heavy atom. The van der Waals surface area contributed by atoms with Crippen LogP contribution in [0.25, 0.3) is 10.8 Å². The second kappa shape index (κ2) is 4.91. The maximum atomic E-state index is 11.0. The van der Waals surface area contributed by atoms with E-state index in [9.17, 15) is 4.79 Å². The number of hydrogen-bond acceptors (Lipinski definition) is 4. The molecule has 0 unspecified atom stereocenters. The summed E-state index contributed by atoms with van der Waals surface area (Å²) in [6, 6.07) is 5.50. The zero-order valence-corrected chi connectivity index (χ0v) is 10.3. The number of nitrogens with zero attached hydrogens (tertiary/aromatic N) is 1. The number of nitrogens with two attached hydrogens (primary N) is 1. The van der Waals surface area contributed by atoms with Crippen LogP contribution in [0.5, 0.6) is 11.5 Å². The maximum absolute atomic E-state index is 11.0. The zero-order valence-electron chi connectivity index (χ0n) is 10.3. The number of pyridine rings is 1. The lowest BCUT2D eigenvalue weighted by Crippen LogP contribution is -2.14. The minimum atomic E-state index is -0.412. The summed E-state index contributed by atoms with van der Waals surface area (Å²) in [7, 11) is 3.14. The topological polar surface area (TPSA) is 74.4 Å². The van der Waals surface area contributed by atoms with Crippen LogP contribution in [0.2, 0.25) is 0 Å². The number of benzene rings is 1. The van der Waals surface area contributed by atoms with Gasteiger partial charge in [0.05, 0.1) is 26.3 Å². The molecule has 18 heavy (non-hydrogen) atoms. The number of ether oxygens (including phenoxy) is 2. The molecule has 0 saturated heterocycles. The average molecular weight is 246 g/mol. The molecule has 2 aromatic rings. The molecule has 0 spiro atoms. The lowest BCUT2D eigenvalue weighted by atomic mass is 10.1. The molecule has 1 aromatic carbocycles. The van der Waals surface area contributed by atoms with Crippen molar-refractivity contribution in [3.05, 3.63) is 30.1 Å². The Labute approximate surface area is 105 Å². The Morgan fingerprint density at radius 2 is 1.94 bits per heavy atom. The van der Waals surface area contributed by atoms with Crippen molar-refractivity contribution in [1.82, 2.24) is 4.98 Å². The number of rotatable bonds is 4. The van der Waals surface area contributed by atoms with Gasteiger partial charge in [0.2, 0.25) is 5.91 Å². The van der Waals surface area contributed by atoms with Crippen LogP contribution >= 0.6 is 0 Å². The molecule has 0 fully saturated rings. The van der Waals surface area contributed by atoms with E-state index in [0.29, 0.717) is 17.2 Å². The highest BCUT2D eigenvalue weighted by molar-refractivity contribution is 5.90. The van der Waals surface area contributed by atoms with Crippen molar-refractivity contribution in [3.8, 4) is 11.5 Å². The molecule has 5 nitrogen and oxygen atoms in total. The molecule has 1 aromatic heterocycles. The van der Waals surface area contributed by atoms with E-state index in [-0.39, 0.29) is 6.42 Å². The highest BCUT2D eigenvalue weighted by Crippen LogP contribution is 2.33. The van der Waals surface area contributed by atoms with Gasteiger partial charge in [-0.1, -0.05) is 0 Å². The number of methoxy groups -OCH3 is 2. The number of aromatic nitrogens is 1. The molecule has 0 aliphatic carbocycles. The monoisotopic (exact) mass is 246 g/mol. The Morgan fingerprint density at radius 1 is 1.28 bits per heavy atom. The van der Waals surface area contributed by atoms with Gasteiger partial charge in [0, 0.05) is 11.6 Å². The van der Waals surface area contributed by atoms with Crippen molar-refractivity contribution in [1.29, 1.82) is 0 Å². The summed E-state index contributed by atoms with van der Waals surface area (Å²) in [5.74, 6) is 0.828. The van der Waals surface area contributed by atoms with E-state index in [1.807, 2.05) is 12.1 Å². The number of carbonyl (C=O) groups excluding carboxylic acids is 1. The summed E-state index contributed by atoms with van der Waals surface area (Å²) in [6.07, 6.45) is 1.75. The minimum Gasteiger partial charge on any atom is -0.493 e. The number of carbonyl (C=O) groups is 1. The summed E-state index contributed by atoms with van der Waals surface area (Å²) < 4.78 is 10.5. The minimum absolute atomic E-state index is 0.104. The summed E-state index contributed by atoms with van der Waals surface area (Å²) in [6.45, 7) is 0. The first-order valence-corrected chi connectivity index (χ1v) is 5.43. The number of fused-ring (bicyclic) bond motifs is 1. The highest BCUT2D eigenvalue weighted by Gasteiger charge is 2.10. The first-order valence-electron chi connectivity index (χ1n) is 5.43. The normalized spacial score (nSPS) is 10.3. The van der Waals surface area contributed by atoms with Crippen LogP contribution in [0.15, 0.2) is 24.4 Å². The molecule has 0 aliphatic rings. The van der Waals surface area contributed by atoms with E-state index in [0.717, 1.165) is 10.8 Å². The quantitative estimate of drug-likeness (QED) is 0.881. The Bertz CT molecular complexity index is 596. The van der Waals surface area contributed by atoms with Gasteiger partial charge in [0.15, 0.2) is 11.5 Å². The van der Waals surface area contributed by atoms with E-state index in [2.05, 4.69) is 4.98 Å². The fourth-order valence-electron chi connectivity index (χ4n) is 1.87. The SMILES string of the molecule is COc1cc2ccnc(CC(N)=O)c2cc1OC. The molecule has 0 aliphatic heterocycles. The molecule has 94 valence electrons. The Kier molecular flexibility index (Phi) is 3.32. The Hall–Kier alpha value is -2.30. The van der Waals surface area contributed by atoms with Gasteiger partial charge in [0.1, 0.15) is 0 Å². The summed E-state index contributed by atoms with van der Waals surface area (Å²) in [4.78, 5) is 15.2. The number of amides is 1. The van der Waals surface area contributed by atoms with Gasteiger partial charge in [-0.25, -0.2) is 0 Å². The van der Waals surface area contributed by atoms with Crippen LogP contribution in [0.3, 0.4) is 0 Å². The third-order valence-electron chi connectivity index (χ3n) is 2.69. The van der Waals surface area contributed by atoms with Gasteiger partial charge < -0.3 is 15.2 Å². The van der Waals surface area contributed by atoms with Crippen LogP contribution in [-0.4, -0.2) is 25.1 Å². The first kappa shape index (κ1) is 12.2. The van der Waals surface area contributed by atoms with Gasteiger partial charge in [-0.05, 0) is 23.6 Å². The standard InChI is InChI=1S/C13H14N2O3/c1-17-11-5-8-3-4-15-10(7-13(14)16)9(8)6-12(11)18-2/h3-6H,7H2,1-2H3,(H2,14,16). The number of primary amides is 1. The lowest BCUT2D eigenvalue weighted by Gasteiger charge is -2.10. The molecule has 0 atom stereocenters. The smallest absolute Gasteiger partial charge is 0.223 e. The molecule has 2 rings (SSSR count). The van der Waals surface area contributed by atoms with Crippen molar-refractivity contribution in [2.24, 2.45) is 5.73 Å². The summed E-state index contributed by atoms with van der Waals surface area (Å²) in [5.41, 5.74) is 5.85. The first-order chi connectivity index (χ1) is 8.65. The molecular weight excluding hydrogens is 232 g/mol. The van der Waals surface area contributed by atoms with Crippen molar-refractivity contribution in [3.63, 3.8) is 0 Å². The second-order valence-electron chi connectivity index (χ2n) is 3.83. The number of hydrogen-bond donors (Lipinski definition) is 1. The second-order valence-corrected chi connectivity index (χ2v) is 3.83. The third kappa shape index (κ3) is 2.20. The zero-order chi connectivity index (χ0) is 13.1. The van der Waals surface area contributed by atoms with E-state index < -0.39 is 5.91 Å². The van der Waals surface area contributed by atoms with Gasteiger partial charge in [-0.2, -0.15) is 0 Å². The average Bonchev–Trinajstić information content (AvgIpc) is 2.37. The molecule has 1 heterocycles. The fraction of sp³-hybridized carbons (Fsp3) is 0.231. The van der Waals surface area contributed by atoms with Crippen molar-refractivity contribution < 1.29 is 14.3 Å². The van der Waals surface area contributed by atoms with Gasteiger partial charge in [0.25, 0.3) is 0 Å². The van der Waals surface area contributed by atoms with E-state index in [1.54, 1.807) is 26.5 Å². The molecule has 0 saturated carbocycles. The van der Waals surface area contributed by atoms with Gasteiger partial charge in [-0.3, -0.25) is 9.78 Å².